The molecule has 1 aromatic rings. The molecule has 144 valence electrons. The van der Waals surface area contributed by atoms with Crippen molar-refractivity contribution >= 4 is 16.4 Å². The third-order valence-corrected chi connectivity index (χ3v) is 6.03. The first-order valence-electron chi connectivity index (χ1n) is 9.13. The summed E-state index contributed by atoms with van der Waals surface area (Å²) in [6.45, 7) is 0.336. The molecule has 0 spiro atoms. The summed E-state index contributed by atoms with van der Waals surface area (Å²) in [6.07, 6.45) is 8.35. The molecule has 3 heterocycles. The van der Waals surface area contributed by atoms with Crippen molar-refractivity contribution in [1.82, 2.24) is 15.1 Å². The zero-order chi connectivity index (χ0) is 18.3. The number of carbonyl (C=O) groups excluding carboxylic acids is 1. The molecule has 2 saturated heterocycles. The zero-order valence-electron chi connectivity index (χ0n) is 14.4. The average molecular weight is 385 g/mol. The fourth-order valence-corrected chi connectivity index (χ4v) is 4.48. The van der Waals surface area contributed by atoms with Crippen molar-refractivity contribution in [2.24, 2.45) is 5.92 Å². The first-order chi connectivity index (χ1) is 12.4. The SMILES string of the molecule is O=C1N2C[C@@H](CC[C@H]2c2cc(CCCC3CCC3)on2)N1OS(=O)(=O)O. The number of rotatable bonds is 7. The lowest BCUT2D eigenvalue weighted by Gasteiger charge is -2.28. The van der Waals surface area contributed by atoms with Crippen molar-refractivity contribution in [2.45, 2.75) is 63.5 Å². The van der Waals surface area contributed by atoms with Gasteiger partial charge in [0, 0.05) is 19.0 Å². The molecule has 1 aliphatic carbocycles. The largest absolute Gasteiger partial charge is 0.418 e. The maximum Gasteiger partial charge on any atom is 0.418 e. The Morgan fingerprint density at radius 2 is 2.12 bits per heavy atom. The summed E-state index contributed by atoms with van der Waals surface area (Å²) in [6, 6.07) is 0.655. The number of hydrogen-bond acceptors (Lipinski definition) is 6. The Morgan fingerprint density at radius 1 is 1.31 bits per heavy atom. The van der Waals surface area contributed by atoms with Crippen molar-refractivity contribution in [3.8, 4) is 0 Å². The van der Waals surface area contributed by atoms with Gasteiger partial charge in [-0.15, -0.1) is 4.28 Å². The highest BCUT2D eigenvalue weighted by molar-refractivity contribution is 7.80. The number of hydroxylamine groups is 2. The molecule has 26 heavy (non-hydrogen) atoms. The molecule has 1 N–H and O–H groups in total. The zero-order valence-corrected chi connectivity index (χ0v) is 15.2. The molecule has 0 unspecified atom stereocenters. The molecule has 2 bridgehead atoms. The van der Waals surface area contributed by atoms with Crippen molar-refractivity contribution in [2.75, 3.05) is 6.54 Å². The van der Waals surface area contributed by atoms with Crippen molar-refractivity contribution < 1.29 is 26.6 Å². The van der Waals surface area contributed by atoms with Gasteiger partial charge in [-0.05, 0) is 25.2 Å². The van der Waals surface area contributed by atoms with Crippen LogP contribution >= 0.6 is 0 Å². The number of carbonyl (C=O) groups is 1. The maximum absolute atomic E-state index is 12.4. The van der Waals surface area contributed by atoms with E-state index in [1.807, 2.05) is 6.07 Å². The molecule has 2 atom stereocenters. The Morgan fingerprint density at radius 3 is 2.81 bits per heavy atom. The summed E-state index contributed by atoms with van der Waals surface area (Å²) in [5.41, 5.74) is 0.684. The number of piperidine rings is 1. The van der Waals surface area contributed by atoms with Gasteiger partial charge in [-0.1, -0.05) is 30.8 Å². The van der Waals surface area contributed by atoms with Crippen LogP contribution in [0.4, 0.5) is 4.79 Å². The van der Waals surface area contributed by atoms with E-state index in [1.165, 1.54) is 30.6 Å². The molecule has 3 fully saturated rings. The Kier molecular flexibility index (Phi) is 4.66. The van der Waals surface area contributed by atoms with Crippen LogP contribution in [0, 0.1) is 5.92 Å². The Balaban J connectivity index is 1.38. The standard InChI is InChI=1S/C16H23N3O6S/c20-16-18-10-12(19(16)25-26(21,22)23)7-8-15(18)14-9-13(24-17-14)6-2-5-11-3-1-4-11/h9,11-12,15H,1-8,10H2,(H,21,22,23)/t12-,15+/m1/s1. The third kappa shape index (κ3) is 3.58. The Hall–Kier alpha value is -1.65. The summed E-state index contributed by atoms with van der Waals surface area (Å²) >= 11 is 0. The maximum atomic E-state index is 12.4. The normalized spacial score (nSPS) is 26.4. The molecule has 0 radical (unpaired) electrons. The van der Waals surface area contributed by atoms with Gasteiger partial charge in [0.2, 0.25) is 0 Å². The molecular formula is C16H23N3O6S. The lowest BCUT2D eigenvalue weighted by molar-refractivity contribution is -0.0317. The van der Waals surface area contributed by atoms with Crippen LogP contribution in [0.2, 0.25) is 0 Å². The molecule has 0 aromatic carbocycles. The monoisotopic (exact) mass is 385 g/mol. The van der Waals surface area contributed by atoms with E-state index in [0.717, 1.165) is 29.6 Å². The molecule has 1 saturated carbocycles. The van der Waals surface area contributed by atoms with Crippen molar-refractivity contribution in [1.29, 1.82) is 0 Å². The van der Waals surface area contributed by atoms with Crippen LogP contribution in [0.3, 0.4) is 0 Å². The molecule has 4 rings (SSSR count). The van der Waals surface area contributed by atoms with Crippen LogP contribution in [-0.2, 0) is 21.1 Å². The van der Waals surface area contributed by atoms with Crippen LogP contribution in [0.5, 0.6) is 0 Å². The number of nitrogens with zero attached hydrogens (tertiary/aromatic N) is 3. The minimum atomic E-state index is -4.73. The molecule has 2 aliphatic heterocycles. The second-order valence-electron chi connectivity index (χ2n) is 7.42. The highest BCUT2D eigenvalue weighted by atomic mass is 32.3. The lowest BCUT2D eigenvalue weighted by atomic mass is 9.82. The molecule has 2 amide bonds. The molecule has 9 nitrogen and oxygen atoms in total. The van der Waals surface area contributed by atoms with Crippen LogP contribution < -0.4 is 0 Å². The van der Waals surface area contributed by atoms with E-state index in [4.69, 9.17) is 9.08 Å². The van der Waals surface area contributed by atoms with E-state index in [9.17, 15) is 13.2 Å². The Labute approximate surface area is 152 Å². The van der Waals surface area contributed by atoms with Crippen LogP contribution in [-0.4, -0.2) is 46.7 Å². The number of hydrogen-bond donors (Lipinski definition) is 1. The van der Waals surface area contributed by atoms with Gasteiger partial charge in [0.25, 0.3) is 0 Å². The van der Waals surface area contributed by atoms with Crippen molar-refractivity contribution in [3.05, 3.63) is 17.5 Å². The number of fused-ring (bicyclic) bond motifs is 2. The first kappa shape index (κ1) is 17.7. The summed E-state index contributed by atoms with van der Waals surface area (Å²) in [7, 11) is -4.73. The highest BCUT2D eigenvalue weighted by Crippen LogP contribution is 2.38. The third-order valence-electron chi connectivity index (χ3n) is 5.68. The average Bonchev–Trinajstić information content (AvgIpc) is 3.09. The predicted octanol–water partition coefficient (Wildman–Crippen LogP) is 2.47. The van der Waals surface area contributed by atoms with Crippen LogP contribution in [0.1, 0.15) is 62.4 Å². The minimum absolute atomic E-state index is 0.266. The Bertz CT molecular complexity index is 775. The smallest absolute Gasteiger partial charge is 0.361 e. The summed E-state index contributed by atoms with van der Waals surface area (Å²) in [4.78, 5) is 14.0. The fourth-order valence-electron chi connectivity index (χ4n) is 4.09. The second kappa shape index (κ2) is 6.82. The van der Waals surface area contributed by atoms with Gasteiger partial charge < -0.3 is 9.42 Å². The van der Waals surface area contributed by atoms with E-state index in [-0.39, 0.29) is 6.04 Å². The van der Waals surface area contributed by atoms with Gasteiger partial charge in [0.15, 0.2) is 0 Å². The van der Waals surface area contributed by atoms with Gasteiger partial charge in [0.1, 0.15) is 11.5 Å². The minimum Gasteiger partial charge on any atom is -0.361 e. The summed E-state index contributed by atoms with van der Waals surface area (Å²) in [5.74, 6) is 1.68. The van der Waals surface area contributed by atoms with E-state index < -0.39 is 22.5 Å². The second-order valence-corrected chi connectivity index (χ2v) is 8.42. The predicted molar refractivity (Wildman–Crippen MR) is 89.1 cm³/mol. The summed E-state index contributed by atoms with van der Waals surface area (Å²) < 4.78 is 40.6. The number of urea groups is 1. The van der Waals surface area contributed by atoms with E-state index >= 15 is 0 Å². The number of aryl methyl sites for hydroxylation is 1. The van der Waals surface area contributed by atoms with Crippen LogP contribution in [0.15, 0.2) is 10.6 Å². The number of amides is 2. The molecule has 3 aliphatic rings. The summed E-state index contributed by atoms with van der Waals surface area (Å²) in [5, 5.41) is 4.87. The topological polar surface area (TPSA) is 113 Å². The highest BCUT2D eigenvalue weighted by Gasteiger charge is 2.48. The van der Waals surface area contributed by atoms with Gasteiger partial charge in [-0.3, -0.25) is 4.55 Å². The van der Waals surface area contributed by atoms with Crippen LogP contribution in [0.25, 0.3) is 0 Å². The quantitative estimate of drug-likeness (QED) is 0.717. The van der Waals surface area contributed by atoms with Gasteiger partial charge in [0.05, 0.1) is 12.1 Å². The van der Waals surface area contributed by atoms with E-state index in [2.05, 4.69) is 9.44 Å². The lowest BCUT2D eigenvalue weighted by Crippen LogP contribution is -2.35. The molecular weight excluding hydrogens is 362 g/mol. The number of aromatic nitrogens is 1. The van der Waals surface area contributed by atoms with Gasteiger partial charge in [-0.2, -0.15) is 13.5 Å². The molecule has 10 heteroatoms. The van der Waals surface area contributed by atoms with Crippen molar-refractivity contribution in [3.63, 3.8) is 0 Å². The van der Waals surface area contributed by atoms with E-state index in [1.54, 1.807) is 0 Å². The first-order valence-corrected chi connectivity index (χ1v) is 10.5. The van der Waals surface area contributed by atoms with Gasteiger partial charge >= 0.3 is 16.4 Å². The van der Waals surface area contributed by atoms with Gasteiger partial charge in [-0.25, -0.2) is 4.79 Å². The molecule has 1 aromatic heterocycles. The fraction of sp³-hybridized carbons (Fsp3) is 0.750. The van der Waals surface area contributed by atoms with E-state index in [0.29, 0.717) is 25.1 Å².